The number of alkyl halides is 3. The third-order valence-electron chi connectivity index (χ3n) is 4.82. The Balaban J connectivity index is 1.76. The van der Waals surface area contributed by atoms with Gasteiger partial charge in [0.2, 0.25) is 5.95 Å². The predicted octanol–water partition coefficient (Wildman–Crippen LogP) is 7.11. The zero-order chi connectivity index (χ0) is 23.0. The fourth-order valence-corrected chi connectivity index (χ4v) is 3.06. The molecule has 5 nitrogen and oxygen atoms in total. The van der Waals surface area contributed by atoms with Gasteiger partial charge >= 0.3 is 6.18 Å². The number of hydrogen-bond acceptors (Lipinski definition) is 5. The first-order chi connectivity index (χ1) is 15.4. The number of nitrogens with zero attached hydrogens (tertiary/aromatic N) is 2. The van der Waals surface area contributed by atoms with Crippen LogP contribution in [0, 0.1) is 0 Å². The molecule has 0 aliphatic rings. The highest BCUT2D eigenvalue weighted by Crippen LogP contribution is 2.35. The monoisotopic (exact) mass is 444 g/mol. The van der Waals surface area contributed by atoms with Gasteiger partial charge in [-0.05, 0) is 54.8 Å². The van der Waals surface area contributed by atoms with Crippen LogP contribution in [0.4, 0.5) is 36.3 Å². The van der Waals surface area contributed by atoms with Gasteiger partial charge in [-0.3, -0.25) is 0 Å². The molecule has 170 valence electrons. The lowest BCUT2D eigenvalue weighted by Crippen LogP contribution is -2.12. The summed E-state index contributed by atoms with van der Waals surface area (Å²) in [5.41, 5.74) is 1.25. The fourth-order valence-electron chi connectivity index (χ4n) is 3.06. The summed E-state index contributed by atoms with van der Waals surface area (Å²) < 4.78 is 46.2. The second-order valence-electron chi connectivity index (χ2n) is 7.34. The molecule has 3 aromatic rings. The molecule has 0 saturated heterocycles. The van der Waals surface area contributed by atoms with E-state index >= 15 is 0 Å². The van der Waals surface area contributed by atoms with Crippen LogP contribution in [-0.2, 0) is 12.6 Å². The van der Waals surface area contributed by atoms with Crippen LogP contribution < -0.4 is 15.4 Å². The molecule has 0 spiro atoms. The molecule has 0 saturated carbocycles. The number of benzene rings is 2. The predicted molar refractivity (Wildman–Crippen MR) is 121 cm³/mol. The average molecular weight is 445 g/mol. The van der Waals surface area contributed by atoms with Crippen molar-refractivity contribution < 1.29 is 17.9 Å². The number of rotatable bonds is 10. The van der Waals surface area contributed by atoms with Gasteiger partial charge in [0, 0.05) is 17.6 Å². The first-order valence-electron chi connectivity index (χ1n) is 10.7. The fraction of sp³-hybridized carbons (Fsp3) is 0.333. The highest BCUT2D eigenvalue weighted by atomic mass is 19.4. The molecule has 0 amide bonds. The Kier molecular flexibility index (Phi) is 7.92. The van der Waals surface area contributed by atoms with E-state index in [2.05, 4.69) is 27.5 Å². The lowest BCUT2D eigenvalue weighted by molar-refractivity contribution is -0.137. The average Bonchev–Trinajstić information content (AvgIpc) is 2.77. The van der Waals surface area contributed by atoms with Gasteiger partial charge in [-0.1, -0.05) is 38.8 Å². The Labute approximate surface area is 186 Å². The molecule has 2 N–H and O–H groups in total. The maximum Gasteiger partial charge on any atom is 0.421 e. The van der Waals surface area contributed by atoms with Gasteiger partial charge in [-0.2, -0.15) is 18.2 Å². The van der Waals surface area contributed by atoms with Crippen molar-refractivity contribution in [3.05, 3.63) is 65.9 Å². The highest BCUT2D eigenvalue weighted by molar-refractivity contribution is 5.63. The molecule has 0 aliphatic carbocycles. The molecular formula is C24H27F3N4O. The van der Waals surface area contributed by atoms with Crippen LogP contribution in [-0.4, -0.2) is 16.6 Å². The molecule has 0 bridgehead atoms. The Bertz CT molecular complexity index is 1010. The van der Waals surface area contributed by atoms with E-state index in [1.54, 1.807) is 42.5 Å². The summed E-state index contributed by atoms with van der Waals surface area (Å²) in [6, 6.07) is 14.4. The van der Waals surface area contributed by atoms with E-state index in [0.29, 0.717) is 18.0 Å². The van der Waals surface area contributed by atoms with Crippen LogP contribution in [0.5, 0.6) is 5.75 Å². The number of ether oxygens (including phenoxy) is 1. The van der Waals surface area contributed by atoms with Crippen molar-refractivity contribution in [3.63, 3.8) is 0 Å². The number of hydrogen-bond donors (Lipinski definition) is 2. The molecule has 0 atom stereocenters. The normalized spacial score (nSPS) is 11.3. The molecule has 0 unspecified atom stereocenters. The first kappa shape index (κ1) is 23.4. The summed E-state index contributed by atoms with van der Waals surface area (Å²) >= 11 is 0. The molecule has 1 aromatic heterocycles. The lowest BCUT2D eigenvalue weighted by atomic mass is 10.1. The number of halogens is 3. The molecule has 0 fully saturated rings. The van der Waals surface area contributed by atoms with E-state index in [-0.39, 0.29) is 11.8 Å². The lowest BCUT2D eigenvalue weighted by Gasteiger charge is -2.15. The van der Waals surface area contributed by atoms with E-state index in [1.807, 2.05) is 13.0 Å². The molecule has 2 aromatic carbocycles. The Morgan fingerprint density at radius 3 is 2.41 bits per heavy atom. The van der Waals surface area contributed by atoms with Crippen molar-refractivity contribution in [1.29, 1.82) is 0 Å². The van der Waals surface area contributed by atoms with Crippen LogP contribution in [0.15, 0.2) is 54.7 Å². The van der Waals surface area contributed by atoms with Crippen molar-refractivity contribution in [2.24, 2.45) is 0 Å². The summed E-state index contributed by atoms with van der Waals surface area (Å²) in [4.78, 5) is 7.95. The molecular weight excluding hydrogens is 417 g/mol. The second kappa shape index (κ2) is 10.8. The molecule has 0 aliphatic heterocycles. The van der Waals surface area contributed by atoms with Gasteiger partial charge in [0.1, 0.15) is 17.1 Å². The van der Waals surface area contributed by atoms with E-state index in [1.165, 1.54) is 0 Å². The zero-order valence-corrected chi connectivity index (χ0v) is 18.2. The van der Waals surface area contributed by atoms with Gasteiger partial charge in [0.05, 0.1) is 6.61 Å². The maximum atomic E-state index is 13.5. The first-order valence-corrected chi connectivity index (χ1v) is 10.7. The number of aromatic nitrogens is 2. The van der Waals surface area contributed by atoms with Gasteiger partial charge in [-0.15, -0.1) is 0 Å². The van der Waals surface area contributed by atoms with Crippen molar-refractivity contribution in [1.82, 2.24) is 9.97 Å². The molecule has 8 heteroatoms. The second-order valence-corrected chi connectivity index (χ2v) is 7.34. The van der Waals surface area contributed by atoms with Crippen LogP contribution in [0.3, 0.4) is 0 Å². The zero-order valence-electron chi connectivity index (χ0n) is 18.2. The van der Waals surface area contributed by atoms with Crippen LogP contribution in [0.1, 0.15) is 44.2 Å². The third-order valence-corrected chi connectivity index (χ3v) is 4.82. The minimum absolute atomic E-state index is 0.0590. The van der Waals surface area contributed by atoms with E-state index < -0.39 is 11.7 Å². The SMILES string of the molecule is CCCCCOc1ccc(Nc2ncc(C(F)(F)F)c(Nc3cccc(CC)c3)n2)cc1. The van der Waals surface area contributed by atoms with E-state index in [9.17, 15) is 13.2 Å². The molecule has 3 rings (SSSR count). The highest BCUT2D eigenvalue weighted by Gasteiger charge is 2.35. The molecule has 0 radical (unpaired) electrons. The van der Waals surface area contributed by atoms with Crippen LogP contribution in [0.2, 0.25) is 0 Å². The Hall–Kier alpha value is -3.29. The van der Waals surface area contributed by atoms with E-state index in [0.717, 1.165) is 43.2 Å². The smallest absolute Gasteiger partial charge is 0.421 e. The minimum Gasteiger partial charge on any atom is -0.494 e. The van der Waals surface area contributed by atoms with Gasteiger partial charge in [0.25, 0.3) is 0 Å². The van der Waals surface area contributed by atoms with Crippen molar-refractivity contribution >= 4 is 23.1 Å². The minimum atomic E-state index is -4.58. The number of unbranched alkanes of at least 4 members (excludes halogenated alkanes) is 2. The van der Waals surface area contributed by atoms with Crippen LogP contribution in [0.25, 0.3) is 0 Å². The van der Waals surface area contributed by atoms with Crippen molar-refractivity contribution in [3.8, 4) is 5.75 Å². The summed E-state index contributed by atoms with van der Waals surface area (Å²) in [6.07, 6.45) is 0.208. The van der Waals surface area contributed by atoms with Crippen molar-refractivity contribution in [2.75, 3.05) is 17.2 Å². The van der Waals surface area contributed by atoms with Gasteiger partial charge in [-0.25, -0.2) is 4.98 Å². The number of aryl methyl sites for hydroxylation is 1. The standard InChI is InChI=1S/C24H27F3N4O/c1-3-5-6-14-32-20-12-10-18(11-13-20)30-23-28-16-21(24(25,26)27)22(31-23)29-19-9-7-8-17(4-2)15-19/h7-13,15-16H,3-6,14H2,1-2H3,(H2,28,29,30,31). The summed E-state index contributed by atoms with van der Waals surface area (Å²) in [5.74, 6) is 0.487. The Morgan fingerprint density at radius 2 is 1.72 bits per heavy atom. The quantitative estimate of drug-likeness (QED) is 0.326. The van der Waals surface area contributed by atoms with Gasteiger partial charge in [0.15, 0.2) is 0 Å². The number of anilines is 4. The molecule has 1 heterocycles. The molecule has 32 heavy (non-hydrogen) atoms. The topological polar surface area (TPSA) is 59.1 Å². The largest absolute Gasteiger partial charge is 0.494 e. The van der Waals surface area contributed by atoms with E-state index in [4.69, 9.17) is 4.74 Å². The summed E-state index contributed by atoms with van der Waals surface area (Å²) in [5, 5.41) is 5.74. The number of nitrogens with one attached hydrogen (secondary N) is 2. The summed E-state index contributed by atoms with van der Waals surface area (Å²) in [6.45, 7) is 4.76. The maximum absolute atomic E-state index is 13.5. The van der Waals surface area contributed by atoms with Crippen molar-refractivity contribution in [2.45, 2.75) is 45.7 Å². The third kappa shape index (κ3) is 6.60. The Morgan fingerprint density at radius 1 is 0.938 bits per heavy atom. The van der Waals surface area contributed by atoms with Gasteiger partial charge < -0.3 is 15.4 Å². The summed E-state index contributed by atoms with van der Waals surface area (Å²) in [7, 11) is 0. The van der Waals surface area contributed by atoms with Crippen LogP contribution >= 0.6 is 0 Å².